The molecule has 3 rings (SSSR count). The third kappa shape index (κ3) is 6.09. The van der Waals surface area contributed by atoms with E-state index in [1.54, 1.807) is 13.1 Å². The van der Waals surface area contributed by atoms with Crippen LogP contribution in [0.25, 0.3) is 0 Å². The summed E-state index contributed by atoms with van der Waals surface area (Å²) in [5.41, 5.74) is 0.839. The zero-order valence-electron chi connectivity index (χ0n) is 17.0. The first kappa shape index (κ1) is 21.9. The number of rotatable bonds is 5. The largest absolute Gasteiger partial charge is 0.416 e. The highest BCUT2D eigenvalue weighted by Crippen LogP contribution is 2.29. The highest BCUT2D eigenvalue weighted by Gasteiger charge is 2.30. The number of pyridine rings is 1. The van der Waals surface area contributed by atoms with Crippen LogP contribution in [0.2, 0.25) is 0 Å². The van der Waals surface area contributed by atoms with E-state index in [-0.39, 0.29) is 12.6 Å². The van der Waals surface area contributed by atoms with Crippen LogP contribution in [0.15, 0.2) is 47.6 Å². The Morgan fingerprint density at radius 3 is 2.60 bits per heavy atom. The lowest BCUT2D eigenvalue weighted by molar-refractivity contribution is -0.137. The Morgan fingerprint density at radius 2 is 1.97 bits per heavy atom. The Labute approximate surface area is 174 Å². The second kappa shape index (κ2) is 9.80. The van der Waals surface area contributed by atoms with Crippen molar-refractivity contribution >= 4 is 11.8 Å². The molecule has 1 aliphatic heterocycles. The lowest BCUT2D eigenvalue weighted by Crippen LogP contribution is -2.41. The van der Waals surface area contributed by atoms with Gasteiger partial charge in [0.1, 0.15) is 5.82 Å². The van der Waals surface area contributed by atoms with Gasteiger partial charge in [0.25, 0.3) is 0 Å². The molecule has 1 fully saturated rings. The van der Waals surface area contributed by atoms with E-state index in [1.165, 1.54) is 6.07 Å². The lowest BCUT2D eigenvalue weighted by Gasteiger charge is -2.32. The number of anilines is 1. The number of hydrogen-bond acceptors (Lipinski definition) is 4. The Balaban J connectivity index is 1.51. The van der Waals surface area contributed by atoms with Gasteiger partial charge < -0.3 is 20.3 Å². The summed E-state index contributed by atoms with van der Waals surface area (Å²) >= 11 is 0. The fraction of sp³-hybridized carbons (Fsp3) is 0.429. The van der Waals surface area contributed by atoms with Crippen LogP contribution in [-0.2, 0) is 24.0 Å². The molecule has 2 N–H and O–H groups in total. The molecule has 0 bridgehead atoms. The number of hydrogen-bond donors (Lipinski definition) is 2. The molecule has 2 heterocycles. The van der Waals surface area contributed by atoms with E-state index in [0.717, 1.165) is 36.6 Å². The third-order valence-corrected chi connectivity index (χ3v) is 4.77. The van der Waals surface area contributed by atoms with Gasteiger partial charge in [-0.1, -0.05) is 18.2 Å². The highest BCUT2D eigenvalue weighted by atomic mass is 19.4. The molecule has 0 saturated carbocycles. The van der Waals surface area contributed by atoms with Crippen LogP contribution in [-0.4, -0.2) is 43.8 Å². The molecule has 1 aromatic heterocycles. The fourth-order valence-electron chi connectivity index (χ4n) is 3.18. The molecule has 0 radical (unpaired) electrons. The summed E-state index contributed by atoms with van der Waals surface area (Å²) in [6, 6.07) is 9.22. The first-order valence-electron chi connectivity index (χ1n) is 9.77. The van der Waals surface area contributed by atoms with Crippen molar-refractivity contribution in [1.82, 2.24) is 15.6 Å². The number of aliphatic imine (C=N–C) groups is 1. The van der Waals surface area contributed by atoms with Crippen LogP contribution >= 0.6 is 0 Å². The molecule has 1 saturated heterocycles. The van der Waals surface area contributed by atoms with Gasteiger partial charge in [0.2, 0.25) is 0 Å². The summed E-state index contributed by atoms with van der Waals surface area (Å²) in [6.45, 7) is 5.10. The van der Waals surface area contributed by atoms with Crippen LogP contribution in [0, 0.1) is 0 Å². The summed E-state index contributed by atoms with van der Waals surface area (Å²) in [5.74, 6) is 1.42. The number of nitrogens with one attached hydrogen (secondary N) is 2. The van der Waals surface area contributed by atoms with E-state index < -0.39 is 11.7 Å². The molecule has 9 heteroatoms. The minimum atomic E-state index is -4.35. The van der Waals surface area contributed by atoms with Crippen molar-refractivity contribution in [2.24, 2.45) is 4.99 Å². The Kier molecular flexibility index (Phi) is 7.15. The zero-order chi connectivity index (χ0) is 21.6. The second-order valence-corrected chi connectivity index (χ2v) is 7.13. The van der Waals surface area contributed by atoms with Crippen molar-refractivity contribution in [2.45, 2.75) is 32.3 Å². The first-order valence-corrected chi connectivity index (χ1v) is 9.77. The number of ether oxygens (including phenoxy) is 1. The van der Waals surface area contributed by atoms with Crippen molar-refractivity contribution in [2.75, 3.05) is 31.6 Å². The molecular weight excluding hydrogens is 395 g/mol. The topological polar surface area (TPSA) is 61.8 Å². The van der Waals surface area contributed by atoms with Crippen molar-refractivity contribution < 1.29 is 17.9 Å². The summed E-state index contributed by atoms with van der Waals surface area (Å²) < 4.78 is 44.1. The third-order valence-electron chi connectivity index (χ3n) is 4.77. The van der Waals surface area contributed by atoms with E-state index in [4.69, 9.17) is 4.74 Å². The second-order valence-electron chi connectivity index (χ2n) is 7.13. The summed E-state index contributed by atoms with van der Waals surface area (Å²) in [5, 5.41) is 6.18. The summed E-state index contributed by atoms with van der Waals surface area (Å²) in [6.07, 6.45) is -2.36. The quantitative estimate of drug-likeness (QED) is 0.574. The maximum atomic E-state index is 12.8. The summed E-state index contributed by atoms with van der Waals surface area (Å²) in [4.78, 5) is 10.8. The molecule has 30 heavy (non-hydrogen) atoms. The molecule has 6 nitrogen and oxygen atoms in total. The van der Waals surface area contributed by atoms with Gasteiger partial charge in [0.15, 0.2) is 5.96 Å². The maximum absolute atomic E-state index is 12.8. The van der Waals surface area contributed by atoms with E-state index in [9.17, 15) is 13.2 Å². The number of aromatic nitrogens is 1. The SMILES string of the molecule is CN=C(NCc1ccc(N2CCOC(C)C2)nc1)NCc1cccc(C(F)(F)F)c1. The molecule has 1 aliphatic rings. The van der Waals surface area contributed by atoms with Gasteiger partial charge in [-0.05, 0) is 36.2 Å². The van der Waals surface area contributed by atoms with Crippen molar-refractivity contribution in [1.29, 1.82) is 0 Å². The number of halogens is 3. The minimum Gasteiger partial charge on any atom is -0.375 e. The monoisotopic (exact) mass is 421 g/mol. The van der Waals surface area contributed by atoms with E-state index in [2.05, 4.69) is 25.5 Å². The normalized spacial score (nSPS) is 17.7. The van der Waals surface area contributed by atoms with Crippen molar-refractivity contribution in [3.8, 4) is 0 Å². The standard InChI is InChI=1S/C21H26F3N5O/c1-15-14-29(8-9-30-15)19-7-6-17(12-26-19)13-28-20(25-2)27-11-16-4-3-5-18(10-16)21(22,23)24/h3-7,10,12,15H,8-9,11,13-14H2,1-2H3,(H2,25,27,28). The molecular formula is C21H26F3N5O. The Morgan fingerprint density at radius 1 is 1.20 bits per heavy atom. The van der Waals surface area contributed by atoms with Crippen LogP contribution in [0.4, 0.5) is 19.0 Å². The predicted molar refractivity (Wildman–Crippen MR) is 110 cm³/mol. The van der Waals surface area contributed by atoms with E-state index in [1.807, 2.05) is 25.3 Å². The van der Waals surface area contributed by atoms with Gasteiger partial charge in [-0.3, -0.25) is 4.99 Å². The van der Waals surface area contributed by atoms with E-state index >= 15 is 0 Å². The molecule has 0 aliphatic carbocycles. The first-order chi connectivity index (χ1) is 14.3. The molecule has 1 aromatic carbocycles. The van der Waals surface area contributed by atoms with Gasteiger partial charge in [0.05, 0.1) is 18.3 Å². The lowest BCUT2D eigenvalue weighted by atomic mass is 10.1. The smallest absolute Gasteiger partial charge is 0.375 e. The van der Waals surface area contributed by atoms with Gasteiger partial charge in [-0.15, -0.1) is 0 Å². The van der Waals surface area contributed by atoms with Gasteiger partial charge in [0, 0.05) is 39.4 Å². The number of nitrogens with zero attached hydrogens (tertiary/aromatic N) is 3. The summed E-state index contributed by atoms with van der Waals surface area (Å²) in [7, 11) is 1.61. The van der Waals surface area contributed by atoms with Crippen molar-refractivity contribution in [3.63, 3.8) is 0 Å². The zero-order valence-corrected chi connectivity index (χ0v) is 17.0. The maximum Gasteiger partial charge on any atom is 0.416 e. The Bertz CT molecular complexity index is 854. The minimum absolute atomic E-state index is 0.188. The fourth-order valence-corrected chi connectivity index (χ4v) is 3.18. The molecule has 0 spiro atoms. The van der Waals surface area contributed by atoms with Crippen molar-refractivity contribution in [3.05, 3.63) is 59.3 Å². The molecule has 1 atom stereocenters. The van der Waals surface area contributed by atoms with Crippen LogP contribution in [0.3, 0.4) is 0 Å². The molecule has 162 valence electrons. The van der Waals surface area contributed by atoms with Gasteiger partial charge >= 0.3 is 6.18 Å². The molecule has 1 unspecified atom stereocenters. The number of benzene rings is 1. The van der Waals surface area contributed by atoms with E-state index in [0.29, 0.717) is 24.7 Å². The average molecular weight is 421 g/mol. The molecule has 0 amide bonds. The number of alkyl halides is 3. The number of guanidine groups is 1. The Hall–Kier alpha value is -2.81. The molecule has 2 aromatic rings. The van der Waals surface area contributed by atoms with Gasteiger partial charge in [-0.2, -0.15) is 13.2 Å². The van der Waals surface area contributed by atoms with Crippen LogP contribution in [0.1, 0.15) is 23.6 Å². The number of morpholine rings is 1. The highest BCUT2D eigenvalue weighted by molar-refractivity contribution is 5.79. The van der Waals surface area contributed by atoms with Crippen LogP contribution in [0.5, 0.6) is 0 Å². The van der Waals surface area contributed by atoms with Gasteiger partial charge in [-0.25, -0.2) is 4.98 Å². The van der Waals surface area contributed by atoms with Crippen LogP contribution < -0.4 is 15.5 Å². The average Bonchev–Trinajstić information content (AvgIpc) is 2.74. The predicted octanol–water partition coefficient (Wildman–Crippen LogP) is 3.19.